The van der Waals surface area contributed by atoms with Crippen LogP contribution in [0.4, 0.5) is 4.79 Å². The van der Waals surface area contributed by atoms with Gasteiger partial charge in [0.05, 0.1) is 12.0 Å². The van der Waals surface area contributed by atoms with Crippen LogP contribution in [-0.4, -0.2) is 30.1 Å². The number of carbonyl (C=O) groups excluding carboxylic acids is 3. The molecule has 0 spiro atoms. The van der Waals surface area contributed by atoms with Gasteiger partial charge in [0.15, 0.2) is 0 Å². The Morgan fingerprint density at radius 2 is 1.71 bits per heavy atom. The summed E-state index contributed by atoms with van der Waals surface area (Å²) in [5.74, 6) is -2.04. The molecule has 0 aliphatic rings. The summed E-state index contributed by atoms with van der Waals surface area (Å²) in [4.78, 5) is 33.6. The van der Waals surface area contributed by atoms with Crippen molar-refractivity contribution in [3.8, 4) is 0 Å². The van der Waals surface area contributed by atoms with Crippen LogP contribution < -0.4 is 15.7 Å². The number of carboxylic acids is 1. The van der Waals surface area contributed by atoms with Gasteiger partial charge >= 0.3 is 6.09 Å². The second-order valence-electron chi connectivity index (χ2n) is 4.48. The quantitative estimate of drug-likeness (QED) is 0.739. The number of rotatable bonds is 6. The van der Waals surface area contributed by atoms with Crippen LogP contribution in [0.2, 0.25) is 0 Å². The second-order valence-corrected chi connectivity index (χ2v) is 4.48. The summed E-state index contributed by atoms with van der Waals surface area (Å²) in [5.41, 5.74) is 0.815. The molecule has 0 saturated heterocycles. The third kappa shape index (κ3) is 5.94. The van der Waals surface area contributed by atoms with E-state index in [1.165, 1.54) is 13.8 Å². The van der Waals surface area contributed by atoms with Crippen LogP contribution in [0.25, 0.3) is 0 Å². The zero-order valence-corrected chi connectivity index (χ0v) is 11.8. The topological polar surface area (TPSA) is 108 Å². The first kappa shape index (κ1) is 16.5. The molecule has 0 radical (unpaired) electrons. The molecule has 2 N–H and O–H groups in total. The maximum absolute atomic E-state index is 11.6. The molecule has 0 saturated carbocycles. The van der Waals surface area contributed by atoms with Gasteiger partial charge in [-0.1, -0.05) is 30.3 Å². The van der Waals surface area contributed by atoms with Crippen molar-refractivity contribution in [1.82, 2.24) is 10.6 Å². The fourth-order valence-corrected chi connectivity index (χ4v) is 1.40. The number of benzene rings is 1. The summed E-state index contributed by atoms with van der Waals surface area (Å²) in [6, 6.07) is 7.00. The number of hydrogen-bond donors (Lipinski definition) is 2. The predicted octanol–water partition coefficient (Wildman–Crippen LogP) is -0.444. The SMILES string of the molecule is C[C@H](NC(=O)[C@H](C)NC(=O)OCc1ccccc1)C(=O)[O-]. The molecule has 0 unspecified atom stereocenters. The standard InChI is InChI=1S/C14H18N2O5/c1-9(12(17)15-10(2)13(18)19)16-14(20)21-8-11-6-4-3-5-7-11/h3-7,9-10H,8H2,1-2H3,(H,15,17)(H,16,20)(H,18,19)/p-1/t9-,10-/m0/s1. The van der Waals surface area contributed by atoms with Gasteiger partial charge in [0.1, 0.15) is 12.6 Å². The number of hydrogen-bond acceptors (Lipinski definition) is 5. The highest BCUT2D eigenvalue weighted by atomic mass is 16.5. The highest BCUT2D eigenvalue weighted by Crippen LogP contribution is 2.00. The average molecular weight is 293 g/mol. The molecule has 2 atom stereocenters. The molecule has 2 amide bonds. The van der Waals surface area contributed by atoms with E-state index < -0.39 is 30.1 Å². The summed E-state index contributed by atoms with van der Waals surface area (Å²) in [7, 11) is 0. The lowest BCUT2D eigenvalue weighted by atomic mass is 10.2. The number of alkyl carbamates (subject to hydrolysis) is 1. The van der Waals surface area contributed by atoms with E-state index in [0.717, 1.165) is 5.56 Å². The van der Waals surface area contributed by atoms with Crippen molar-refractivity contribution >= 4 is 18.0 Å². The molecule has 7 nitrogen and oxygen atoms in total. The van der Waals surface area contributed by atoms with Crippen LogP contribution in [0.15, 0.2) is 30.3 Å². The molecule has 0 fully saturated rings. The minimum Gasteiger partial charge on any atom is -0.548 e. The molecule has 1 aromatic carbocycles. The van der Waals surface area contributed by atoms with Crippen molar-refractivity contribution in [1.29, 1.82) is 0 Å². The van der Waals surface area contributed by atoms with Crippen LogP contribution in [0.1, 0.15) is 19.4 Å². The van der Waals surface area contributed by atoms with Crippen molar-refractivity contribution < 1.29 is 24.2 Å². The Balaban J connectivity index is 2.36. The van der Waals surface area contributed by atoms with E-state index in [4.69, 9.17) is 4.74 Å². The molecule has 7 heteroatoms. The zero-order valence-electron chi connectivity index (χ0n) is 11.8. The van der Waals surface area contributed by atoms with Gasteiger partial charge in [-0.3, -0.25) is 4.79 Å². The van der Waals surface area contributed by atoms with Gasteiger partial charge in [-0.25, -0.2) is 4.79 Å². The maximum Gasteiger partial charge on any atom is 0.408 e. The van der Waals surface area contributed by atoms with Crippen LogP contribution in [-0.2, 0) is 20.9 Å². The van der Waals surface area contributed by atoms with Crippen molar-refractivity contribution in [3.05, 3.63) is 35.9 Å². The van der Waals surface area contributed by atoms with E-state index >= 15 is 0 Å². The molecule has 0 heterocycles. The molecular formula is C14H17N2O5-. The minimum absolute atomic E-state index is 0.0798. The van der Waals surface area contributed by atoms with E-state index in [1.54, 1.807) is 12.1 Å². The fraction of sp³-hybridized carbons (Fsp3) is 0.357. The highest BCUT2D eigenvalue weighted by Gasteiger charge is 2.18. The number of carboxylic acid groups (broad SMARTS) is 1. The largest absolute Gasteiger partial charge is 0.548 e. The summed E-state index contributed by atoms with van der Waals surface area (Å²) in [6.45, 7) is 2.77. The molecule has 1 rings (SSSR count). The number of ether oxygens (including phenoxy) is 1. The van der Waals surface area contributed by atoms with Gasteiger partial charge in [0.2, 0.25) is 5.91 Å². The molecular weight excluding hydrogens is 276 g/mol. The first-order chi connectivity index (χ1) is 9.90. The van der Waals surface area contributed by atoms with E-state index in [0.29, 0.717) is 0 Å². The van der Waals surface area contributed by atoms with Crippen molar-refractivity contribution in [2.24, 2.45) is 0 Å². The van der Waals surface area contributed by atoms with Crippen LogP contribution >= 0.6 is 0 Å². The van der Waals surface area contributed by atoms with Gasteiger partial charge in [0.25, 0.3) is 0 Å². The van der Waals surface area contributed by atoms with Crippen LogP contribution in [0, 0.1) is 0 Å². The lowest BCUT2D eigenvalue weighted by Crippen LogP contribution is -2.52. The van der Waals surface area contributed by atoms with Crippen LogP contribution in [0.3, 0.4) is 0 Å². The first-order valence-electron chi connectivity index (χ1n) is 6.38. The average Bonchev–Trinajstić information content (AvgIpc) is 2.45. The highest BCUT2D eigenvalue weighted by molar-refractivity contribution is 5.88. The number of carbonyl (C=O) groups is 3. The van der Waals surface area contributed by atoms with Crippen LogP contribution in [0.5, 0.6) is 0 Å². The summed E-state index contributed by atoms with van der Waals surface area (Å²) < 4.78 is 4.94. The Kier molecular flexibility index (Phi) is 6.19. The van der Waals surface area contributed by atoms with Gasteiger partial charge < -0.3 is 25.3 Å². The molecule has 0 aliphatic carbocycles. The van der Waals surface area contributed by atoms with Crippen molar-refractivity contribution in [3.63, 3.8) is 0 Å². The van der Waals surface area contributed by atoms with Gasteiger partial charge in [-0.2, -0.15) is 0 Å². The smallest absolute Gasteiger partial charge is 0.408 e. The van der Waals surface area contributed by atoms with Crippen molar-refractivity contribution in [2.45, 2.75) is 32.5 Å². The van der Waals surface area contributed by atoms with E-state index in [9.17, 15) is 19.5 Å². The molecule has 114 valence electrons. The first-order valence-corrected chi connectivity index (χ1v) is 6.38. The number of amides is 2. The Bertz CT molecular complexity index is 503. The second kappa shape index (κ2) is 7.88. The molecule has 0 bridgehead atoms. The van der Waals surface area contributed by atoms with E-state index in [1.807, 2.05) is 18.2 Å². The minimum atomic E-state index is -1.40. The summed E-state index contributed by atoms with van der Waals surface area (Å²) in [5, 5.41) is 15.0. The number of aliphatic carboxylic acids is 1. The molecule has 0 aliphatic heterocycles. The summed E-state index contributed by atoms with van der Waals surface area (Å²) in [6.07, 6.45) is -0.761. The van der Waals surface area contributed by atoms with E-state index in [2.05, 4.69) is 10.6 Å². The summed E-state index contributed by atoms with van der Waals surface area (Å²) >= 11 is 0. The van der Waals surface area contributed by atoms with Crippen molar-refractivity contribution in [2.75, 3.05) is 0 Å². The molecule has 0 aromatic heterocycles. The lowest BCUT2D eigenvalue weighted by Gasteiger charge is -2.18. The molecule has 21 heavy (non-hydrogen) atoms. The Morgan fingerprint density at radius 1 is 1.10 bits per heavy atom. The predicted molar refractivity (Wildman–Crippen MR) is 71.8 cm³/mol. The van der Waals surface area contributed by atoms with Gasteiger partial charge in [-0.05, 0) is 19.4 Å². The Hall–Kier alpha value is -2.57. The monoisotopic (exact) mass is 293 g/mol. The normalized spacial score (nSPS) is 12.9. The fourth-order valence-electron chi connectivity index (χ4n) is 1.40. The number of nitrogens with one attached hydrogen (secondary N) is 2. The van der Waals surface area contributed by atoms with E-state index in [-0.39, 0.29) is 6.61 Å². The van der Waals surface area contributed by atoms with Gasteiger partial charge in [-0.15, -0.1) is 0 Å². The zero-order chi connectivity index (χ0) is 15.8. The lowest BCUT2D eigenvalue weighted by molar-refractivity contribution is -0.307. The third-order valence-electron chi connectivity index (χ3n) is 2.65. The molecule has 1 aromatic rings. The van der Waals surface area contributed by atoms with Gasteiger partial charge in [0, 0.05) is 0 Å². The third-order valence-corrected chi connectivity index (χ3v) is 2.65. The Labute approximate surface area is 122 Å². The Morgan fingerprint density at radius 3 is 2.29 bits per heavy atom. The maximum atomic E-state index is 11.6.